The second-order valence-electron chi connectivity index (χ2n) is 4.53. The first-order valence-electron chi connectivity index (χ1n) is 6.18. The highest BCUT2D eigenvalue weighted by atomic mass is 16.5. The number of rotatable bonds is 8. The largest absolute Gasteiger partial charge is 0.468 e. The quantitative estimate of drug-likeness (QED) is 0.611. The maximum atomic E-state index is 11.4. The smallest absolute Gasteiger partial charge is 0.322 e. The molecule has 0 aromatic carbocycles. The lowest BCUT2D eigenvalue weighted by Crippen LogP contribution is -2.42. The highest BCUT2D eigenvalue weighted by Gasteiger charge is 2.30. The van der Waals surface area contributed by atoms with Crippen molar-refractivity contribution in [3.8, 4) is 0 Å². The van der Waals surface area contributed by atoms with Gasteiger partial charge in [-0.1, -0.05) is 19.8 Å². The minimum atomic E-state index is -0.311. The highest BCUT2D eigenvalue weighted by molar-refractivity contribution is 5.75. The van der Waals surface area contributed by atoms with Crippen LogP contribution in [0.3, 0.4) is 0 Å². The van der Waals surface area contributed by atoms with E-state index in [1.54, 1.807) is 0 Å². The molecule has 1 aliphatic rings. The molecule has 0 saturated heterocycles. The van der Waals surface area contributed by atoms with Gasteiger partial charge in [-0.25, -0.2) is 0 Å². The number of carbonyl (C=O) groups is 1. The standard InChI is InChI=1S/C12H23NO3/c1-3-4-5-10(12(15)16-2)13-8-11(14)9-6-7-9/h9-11,13-14H,3-8H2,1-2H3. The van der Waals surface area contributed by atoms with Gasteiger partial charge in [-0.2, -0.15) is 0 Å². The van der Waals surface area contributed by atoms with Crippen LogP contribution in [0.4, 0.5) is 0 Å². The van der Waals surface area contributed by atoms with Gasteiger partial charge < -0.3 is 15.2 Å². The summed E-state index contributed by atoms with van der Waals surface area (Å²) in [4.78, 5) is 11.4. The van der Waals surface area contributed by atoms with Crippen LogP contribution in [0.2, 0.25) is 0 Å². The number of hydrogen-bond donors (Lipinski definition) is 2. The number of ether oxygens (including phenoxy) is 1. The van der Waals surface area contributed by atoms with Crippen LogP contribution in [-0.4, -0.2) is 36.9 Å². The SMILES string of the molecule is CCCCC(NCC(O)C1CC1)C(=O)OC. The van der Waals surface area contributed by atoms with Crippen molar-refractivity contribution in [2.24, 2.45) is 5.92 Å². The van der Waals surface area contributed by atoms with E-state index < -0.39 is 0 Å². The van der Waals surface area contributed by atoms with Crippen LogP contribution < -0.4 is 5.32 Å². The van der Waals surface area contributed by atoms with Gasteiger partial charge in [0.2, 0.25) is 0 Å². The fraction of sp³-hybridized carbons (Fsp3) is 0.917. The Morgan fingerprint density at radius 3 is 2.75 bits per heavy atom. The van der Waals surface area contributed by atoms with Gasteiger partial charge >= 0.3 is 5.97 Å². The van der Waals surface area contributed by atoms with Gasteiger partial charge in [0.25, 0.3) is 0 Å². The molecule has 0 amide bonds. The second-order valence-corrected chi connectivity index (χ2v) is 4.53. The average molecular weight is 229 g/mol. The first-order chi connectivity index (χ1) is 7.69. The fourth-order valence-electron chi connectivity index (χ4n) is 1.76. The lowest BCUT2D eigenvalue weighted by atomic mass is 10.1. The predicted molar refractivity (Wildman–Crippen MR) is 62.1 cm³/mol. The van der Waals surface area contributed by atoms with Gasteiger partial charge in [0.15, 0.2) is 0 Å². The Morgan fingerprint density at radius 1 is 1.56 bits per heavy atom. The summed E-state index contributed by atoms with van der Waals surface area (Å²) >= 11 is 0. The van der Waals surface area contributed by atoms with Gasteiger partial charge in [0.05, 0.1) is 13.2 Å². The Hall–Kier alpha value is -0.610. The zero-order valence-corrected chi connectivity index (χ0v) is 10.2. The number of methoxy groups -OCH3 is 1. The molecule has 1 aliphatic carbocycles. The van der Waals surface area contributed by atoms with E-state index in [2.05, 4.69) is 12.2 Å². The molecule has 0 radical (unpaired) electrons. The third-order valence-electron chi connectivity index (χ3n) is 3.07. The van der Waals surface area contributed by atoms with Crippen molar-refractivity contribution >= 4 is 5.97 Å². The van der Waals surface area contributed by atoms with Crippen molar-refractivity contribution in [1.82, 2.24) is 5.32 Å². The molecule has 0 aromatic rings. The summed E-state index contributed by atoms with van der Waals surface area (Å²) in [5, 5.41) is 12.8. The molecule has 0 aliphatic heterocycles. The van der Waals surface area contributed by atoms with Gasteiger partial charge in [0, 0.05) is 6.54 Å². The second kappa shape index (κ2) is 6.86. The first kappa shape index (κ1) is 13.5. The molecule has 0 heterocycles. The van der Waals surface area contributed by atoms with Crippen LogP contribution in [0, 0.1) is 5.92 Å². The summed E-state index contributed by atoms with van der Waals surface area (Å²) < 4.78 is 4.73. The Bertz CT molecular complexity index is 216. The average Bonchev–Trinajstić information content (AvgIpc) is 3.11. The maximum Gasteiger partial charge on any atom is 0.322 e. The Labute approximate surface area is 97.4 Å². The van der Waals surface area contributed by atoms with E-state index in [1.807, 2.05) is 0 Å². The van der Waals surface area contributed by atoms with Crippen molar-refractivity contribution in [3.63, 3.8) is 0 Å². The number of aliphatic hydroxyl groups is 1. The van der Waals surface area contributed by atoms with Crippen LogP contribution in [0.1, 0.15) is 39.0 Å². The molecule has 0 spiro atoms. The monoisotopic (exact) mass is 229 g/mol. The summed E-state index contributed by atoms with van der Waals surface area (Å²) in [5.74, 6) is 0.216. The van der Waals surface area contributed by atoms with Crippen LogP contribution in [0.5, 0.6) is 0 Å². The van der Waals surface area contributed by atoms with Crippen LogP contribution in [0.25, 0.3) is 0 Å². The molecule has 1 fully saturated rings. The molecule has 4 nitrogen and oxygen atoms in total. The summed E-state index contributed by atoms with van der Waals surface area (Å²) in [5.41, 5.74) is 0. The first-order valence-corrected chi connectivity index (χ1v) is 6.18. The number of unbranched alkanes of at least 4 members (excludes halogenated alkanes) is 1. The van der Waals surface area contributed by atoms with Crippen molar-refractivity contribution in [2.75, 3.05) is 13.7 Å². The number of aliphatic hydroxyl groups excluding tert-OH is 1. The minimum Gasteiger partial charge on any atom is -0.468 e. The third kappa shape index (κ3) is 4.49. The fourth-order valence-corrected chi connectivity index (χ4v) is 1.76. The van der Waals surface area contributed by atoms with Gasteiger partial charge in [0.1, 0.15) is 6.04 Å². The molecule has 1 saturated carbocycles. The van der Waals surface area contributed by atoms with E-state index in [0.29, 0.717) is 12.5 Å². The summed E-state index contributed by atoms with van der Waals surface area (Å²) in [6.07, 6.45) is 4.74. The number of nitrogens with one attached hydrogen (secondary N) is 1. The summed E-state index contributed by atoms with van der Waals surface area (Å²) in [7, 11) is 1.40. The third-order valence-corrected chi connectivity index (χ3v) is 3.07. The van der Waals surface area contributed by atoms with E-state index in [4.69, 9.17) is 4.74 Å². The van der Waals surface area contributed by atoms with E-state index in [1.165, 1.54) is 7.11 Å². The normalized spacial score (nSPS) is 19.2. The molecular formula is C12H23NO3. The molecule has 1 rings (SSSR count). The molecule has 16 heavy (non-hydrogen) atoms. The van der Waals surface area contributed by atoms with Crippen LogP contribution in [-0.2, 0) is 9.53 Å². The van der Waals surface area contributed by atoms with Crippen molar-refractivity contribution in [2.45, 2.75) is 51.2 Å². The van der Waals surface area contributed by atoms with Crippen LogP contribution >= 0.6 is 0 Å². The minimum absolute atomic E-state index is 0.226. The zero-order chi connectivity index (χ0) is 12.0. The molecule has 4 heteroatoms. The van der Waals surface area contributed by atoms with Crippen LogP contribution in [0.15, 0.2) is 0 Å². The van der Waals surface area contributed by atoms with E-state index >= 15 is 0 Å². The lowest BCUT2D eigenvalue weighted by Gasteiger charge is -2.18. The van der Waals surface area contributed by atoms with Crippen molar-refractivity contribution < 1.29 is 14.6 Å². The highest BCUT2D eigenvalue weighted by Crippen LogP contribution is 2.32. The lowest BCUT2D eigenvalue weighted by molar-refractivity contribution is -0.143. The van der Waals surface area contributed by atoms with Gasteiger partial charge in [-0.05, 0) is 25.2 Å². The summed E-state index contributed by atoms with van der Waals surface area (Å²) in [6, 6.07) is -0.265. The zero-order valence-electron chi connectivity index (χ0n) is 10.2. The van der Waals surface area contributed by atoms with Crippen molar-refractivity contribution in [3.05, 3.63) is 0 Å². The van der Waals surface area contributed by atoms with Gasteiger partial charge in [-0.15, -0.1) is 0 Å². The number of carbonyl (C=O) groups excluding carboxylic acids is 1. The molecule has 2 unspecified atom stereocenters. The molecular weight excluding hydrogens is 206 g/mol. The Balaban J connectivity index is 2.27. The van der Waals surface area contributed by atoms with E-state index in [-0.39, 0.29) is 18.1 Å². The maximum absolute atomic E-state index is 11.4. The summed E-state index contributed by atoms with van der Waals surface area (Å²) in [6.45, 7) is 2.58. The predicted octanol–water partition coefficient (Wildman–Crippen LogP) is 1.08. The number of esters is 1. The Morgan fingerprint density at radius 2 is 2.25 bits per heavy atom. The van der Waals surface area contributed by atoms with Crippen molar-refractivity contribution in [1.29, 1.82) is 0 Å². The Kier molecular flexibility index (Phi) is 5.77. The van der Waals surface area contributed by atoms with E-state index in [0.717, 1.165) is 32.1 Å². The van der Waals surface area contributed by atoms with Gasteiger partial charge in [-0.3, -0.25) is 4.79 Å². The number of hydrogen-bond acceptors (Lipinski definition) is 4. The molecule has 0 aromatic heterocycles. The topological polar surface area (TPSA) is 58.6 Å². The molecule has 2 atom stereocenters. The molecule has 94 valence electrons. The van der Waals surface area contributed by atoms with E-state index in [9.17, 15) is 9.90 Å². The molecule has 0 bridgehead atoms. The molecule has 2 N–H and O–H groups in total.